The molecule has 0 radical (unpaired) electrons. The van der Waals surface area contributed by atoms with Gasteiger partial charge in [0.15, 0.2) is 0 Å². The van der Waals surface area contributed by atoms with Crippen molar-refractivity contribution in [1.82, 2.24) is 5.32 Å². The summed E-state index contributed by atoms with van der Waals surface area (Å²) in [5.41, 5.74) is 0.961. The first-order valence-corrected chi connectivity index (χ1v) is 7.82. The zero-order valence-corrected chi connectivity index (χ0v) is 15.2. The fraction of sp³-hybridized carbons (Fsp3) is 0.500. The summed E-state index contributed by atoms with van der Waals surface area (Å²) in [6.45, 7) is 4.46. The number of hydrogen-bond acceptors (Lipinski definition) is 4. The quantitative estimate of drug-likeness (QED) is 0.731. The lowest BCUT2D eigenvalue weighted by Crippen LogP contribution is -2.41. The highest BCUT2D eigenvalue weighted by atomic mass is 79.9. The van der Waals surface area contributed by atoms with E-state index in [1.807, 2.05) is 26.0 Å². The van der Waals surface area contributed by atoms with Crippen LogP contribution in [0.2, 0.25) is 0 Å². The number of esters is 1. The van der Waals surface area contributed by atoms with Crippen molar-refractivity contribution in [3.8, 4) is 5.75 Å². The fourth-order valence-corrected chi connectivity index (χ4v) is 3.39. The van der Waals surface area contributed by atoms with Gasteiger partial charge in [0.25, 0.3) is 0 Å². The van der Waals surface area contributed by atoms with Crippen LogP contribution < -0.4 is 10.1 Å². The minimum atomic E-state index is -0.345. The third-order valence-electron chi connectivity index (χ3n) is 2.92. The molecule has 1 unspecified atom stereocenters. The van der Waals surface area contributed by atoms with E-state index in [0.29, 0.717) is 6.54 Å². The Morgan fingerprint density at radius 2 is 1.95 bits per heavy atom. The lowest BCUT2D eigenvalue weighted by Gasteiger charge is -2.21. The third-order valence-corrected chi connectivity index (χ3v) is 3.97. The molecule has 1 aromatic rings. The van der Waals surface area contributed by atoms with Crippen molar-refractivity contribution < 1.29 is 14.3 Å². The van der Waals surface area contributed by atoms with E-state index in [0.717, 1.165) is 20.3 Å². The molecule has 1 aromatic carbocycles. The zero-order valence-electron chi connectivity index (χ0n) is 12.0. The maximum Gasteiger partial charge on any atom is 0.323 e. The Labute approximate surface area is 136 Å². The Hall–Kier alpha value is -0.590. The summed E-state index contributed by atoms with van der Waals surface area (Å²) in [4.78, 5) is 11.7. The number of halogens is 2. The Bertz CT molecular complexity index is 478. The standard InChI is InChI=1S/C14H19Br2NO3/c1-8(2)12(14(18)20-4)17-7-9-5-10(15)6-11(16)13(9)19-3/h5-6,8,12,17H,7H2,1-4H3. The van der Waals surface area contributed by atoms with Crippen LogP contribution in [0.5, 0.6) is 5.75 Å². The number of carbonyl (C=O) groups excluding carboxylic acids is 1. The molecule has 0 aliphatic carbocycles. The minimum absolute atomic E-state index is 0.143. The van der Waals surface area contributed by atoms with E-state index in [1.54, 1.807) is 7.11 Å². The van der Waals surface area contributed by atoms with Crippen LogP contribution in [0.15, 0.2) is 21.1 Å². The number of carbonyl (C=O) groups is 1. The molecular formula is C14H19Br2NO3. The van der Waals surface area contributed by atoms with E-state index in [-0.39, 0.29) is 17.9 Å². The molecule has 0 amide bonds. The second kappa shape index (κ2) is 8.00. The molecule has 20 heavy (non-hydrogen) atoms. The number of nitrogens with one attached hydrogen (secondary N) is 1. The van der Waals surface area contributed by atoms with E-state index in [4.69, 9.17) is 9.47 Å². The van der Waals surface area contributed by atoms with Gasteiger partial charge in [0, 0.05) is 16.6 Å². The first-order chi connectivity index (χ1) is 9.40. The predicted molar refractivity (Wildman–Crippen MR) is 85.9 cm³/mol. The molecule has 1 rings (SSSR count). The largest absolute Gasteiger partial charge is 0.495 e. The van der Waals surface area contributed by atoms with E-state index in [2.05, 4.69) is 37.2 Å². The average Bonchev–Trinajstić information content (AvgIpc) is 2.37. The lowest BCUT2D eigenvalue weighted by atomic mass is 10.0. The smallest absolute Gasteiger partial charge is 0.323 e. The summed E-state index contributed by atoms with van der Waals surface area (Å²) >= 11 is 6.91. The van der Waals surface area contributed by atoms with Crippen molar-refractivity contribution in [2.75, 3.05) is 14.2 Å². The highest BCUT2D eigenvalue weighted by Crippen LogP contribution is 2.32. The summed E-state index contributed by atoms with van der Waals surface area (Å²) in [5, 5.41) is 3.22. The molecule has 0 saturated carbocycles. The van der Waals surface area contributed by atoms with Crippen LogP contribution in [0.4, 0.5) is 0 Å². The molecule has 0 saturated heterocycles. The molecule has 1 N–H and O–H groups in total. The summed E-state index contributed by atoms with van der Waals surface area (Å²) in [6, 6.07) is 3.54. The van der Waals surface area contributed by atoms with Crippen LogP contribution in [0.25, 0.3) is 0 Å². The molecule has 0 bridgehead atoms. The summed E-state index contributed by atoms with van der Waals surface area (Å²) in [6.07, 6.45) is 0. The number of methoxy groups -OCH3 is 2. The molecule has 0 heterocycles. The van der Waals surface area contributed by atoms with Gasteiger partial charge < -0.3 is 9.47 Å². The van der Waals surface area contributed by atoms with E-state index in [1.165, 1.54) is 7.11 Å². The molecule has 0 spiro atoms. The molecule has 0 aromatic heterocycles. The van der Waals surface area contributed by atoms with Gasteiger partial charge in [0.05, 0.1) is 18.7 Å². The van der Waals surface area contributed by atoms with Crippen LogP contribution in [-0.2, 0) is 16.1 Å². The SMILES string of the molecule is COC(=O)C(NCc1cc(Br)cc(Br)c1OC)C(C)C. The molecule has 112 valence electrons. The van der Waals surface area contributed by atoms with Crippen LogP contribution >= 0.6 is 31.9 Å². The summed E-state index contributed by atoms with van der Waals surface area (Å²) < 4.78 is 12.0. The fourth-order valence-electron chi connectivity index (χ4n) is 1.91. The van der Waals surface area contributed by atoms with Gasteiger partial charge in [0.2, 0.25) is 0 Å². The number of rotatable bonds is 6. The Kier molecular flexibility index (Phi) is 6.99. The van der Waals surface area contributed by atoms with Crippen LogP contribution in [-0.4, -0.2) is 26.2 Å². The molecule has 0 aliphatic rings. The van der Waals surface area contributed by atoms with Gasteiger partial charge in [-0.05, 0) is 34.0 Å². The molecule has 1 atom stereocenters. The molecule has 0 aliphatic heterocycles. The van der Waals surface area contributed by atoms with Crippen molar-refractivity contribution >= 4 is 37.8 Å². The molecule has 6 heteroatoms. The average molecular weight is 409 g/mol. The van der Waals surface area contributed by atoms with Gasteiger partial charge in [-0.25, -0.2) is 0 Å². The zero-order chi connectivity index (χ0) is 15.3. The van der Waals surface area contributed by atoms with Crippen molar-refractivity contribution in [3.05, 3.63) is 26.6 Å². The van der Waals surface area contributed by atoms with Crippen LogP contribution in [0.3, 0.4) is 0 Å². The third kappa shape index (κ3) is 4.46. The maximum absolute atomic E-state index is 11.7. The molecule has 0 fully saturated rings. The normalized spacial score (nSPS) is 12.3. The first kappa shape index (κ1) is 17.5. The Balaban J connectivity index is 2.90. The van der Waals surface area contributed by atoms with Gasteiger partial charge in [-0.1, -0.05) is 29.8 Å². The summed E-state index contributed by atoms with van der Waals surface area (Å²) in [5.74, 6) is 0.644. The van der Waals surface area contributed by atoms with Crippen LogP contribution in [0, 0.1) is 5.92 Å². The maximum atomic E-state index is 11.7. The van der Waals surface area contributed by atoms with Crippen LogP contribution in [0.1, 0.15) is 19.4 Å². The van der Waals surface area contributed by atoms with Gasteiger partial charge in [-0.3, -0.25) is 10.1 Å². The number of ether oxygens (including phenoxy) is 2. The van der Waals surface area contributed by atoms with Crippen molar-refractivity contribution in [2.45, 2.75) is 26.4 Å². The van der Waals surface area contributed by atoms with Gasteiger partial charge in [0.1, 0.15) is 11.8 Å². The second-order valence-electron chi connectivity index (χ2n) is 4.71. The molecule has 4 nitrogen and oxygen atoms in total. The first-order valence-electron chi connectivity index (χ1n) is 6.23. The highest BCUT2D eigenvalue weighted by molar-refractivity contribution is 9.11. The van der Waals surface area contributed by atoms with E-state index in [9.17, 15) is 4.79 Å². The monoisotopic (exact) mass is 407 g/mol. The van der Waals surface area contributed by atoms with Crippen molar-refractivity contribution in [2.24, 2.45) is 5.92 Å². The van der Waals surface area contributed by atoms with E-state index < -0.39 is 0 Å². The highest BCUT2D eigenvalue weighted by Gasteiger charge is 2.23. The van der Waals surface area contributed by atoms with Gasteiger partial charge in [-0.15, -0.1) is 0 Å². The van der Waals surface area contributed by atoms with Crippen molar-refractivity contribution in [3.63, 3.8) is 0 Å². The number of benzene rings is 1. The lowest BCUT2D eigenvalue weighted by molar-refractivity contribution is -0.144. The summed E-state index contributed by atoms with van der Waals surface area (Å²) in [7, 11) is 3.02. The van der Waals surface area contributed by atoms with Crippen molar-refractivity contribution in [1.29, 1.82) is 0 Å². The Morgan fingerprint density at radius 3 is 2.45 bits per heavy atom. The number of hydrogen-bond donors (Lipinski definition) is 1. The van der Waals surface area contributed by atoms with Gasteiger partial charge >= 0.3 is 5.97 Å². The van der Waals surface area contributed by atoms with Gasteiger partial charge in [-0.2, -0.15) is 0 Å². The minimum Gasteiger partial charge on any atom is -0.495 e. The molecular weight excluding hydrogens is 390 g/mol. The van der Waals surface area contributed by atoms with E-state index >= 15 is 0 Å². The predicted octanol–water partition coefficient (Wildman–Crippen LogP) is 3.51. The second-order valence-corrected chi connectivity index (χ2v) is 6.48. The Morgan fingerprint density at radius 1 is 1.30 bits per heavy atom. The topological polar surface area (TPSA) is 47.6 Å².